The van der Waals surface area contributed by atoms with E-state index in [-0.39, 0.29) is 45.5 Å². The predicted octanol–water partition coefficient (Wildman–Crippen LogP) is 5.31. The summed E-state index contributed by atoms with van der Waals surface area (Å²) in [6.45, 7) is -0.764. The fourth-order valence-corrected chi connectivity index (χ4v) is 4.06. The topological polar surface area (TPSA) is 124 Å². The van der Waals surface area contributed by atoms with E-state index < -0.39 is 30.9 Å². The number of amides is 2. The summed E-state index contributed by atoms with van der Waals surface area (Å²) in [6, 6.07) is 6.51. The fourth-order valence-electron chi connectivity index (χ4n) is 4.06. The second-order valence-corrected chi connectivity index (χ2v) is 8.99. The van der Waals surface area contributed by atoms with Crippen LogP contribution in [0.4, 0.5) is 42.5 Å². The molecule has 17 heteroatoms. The van der Waals surface area contributed by atoms with Gasteiger partial charge in [-0.15, -0.1) is 5.06 Å². The van der Waals surface area contributed by atoms with Crippen LogP contribution in [-0.2, 0) is 20.9 Å². The lowest BCUT2D eigenvalue weighted by molar-refractivity contribution is -0.199. The maximum atomic E-state index is 13.2. The number of carbonyl (C=O) groups is 2. The van der Waals surface area contributed by atoms with E-state index in [9.17, 15) is 35.9 Å². The van der Waals surface area contributed by atoms with E-state index in [0.717, 1.165) is 12.1 Å². The zero-order chi connectivity index (χ0) is 30.8. The number of aromatic nitrogens is 5. The molecule has 3 aromatic heterocycles. The predicted molar refractivity (Wildman–Crippen MR) is 138 cm³/mol. The number of hydrogen-bond acceptors (Lipinski definition) is 8. The third-order valence-corrected chi connectivity index (χ3v) is 5.96. The highest BCUT2D eigenvalue weighted by Gasteiger charge is 2.44. The van der Waals surface area contributed by atoms with Gasteiger partial charge in [-0.1, -0.05) is 6.08 Å². The number of halogens is 6. The van der Waals surface area contributed by atoms with Gasteiger partial charge in [0.1, 0.15) is 6.54 Å². The summed E-state index contributed by atoms with van der Waals surface area (Å²) in [6.07, 6.45) is -3.97. The van der Waals surface area contributed by atoms with Crippen LogP contribution in [0.25, 0.3) is 28.0 Å². The van der Waals surface area contributed by atoms with Crippen molar-refractivity contribution in [1.29, 1.82) is 0 Å². The third kappa shape index (κ3) is 6.88. The van der Waals surface area contributed by atoms with E-state index in [4.69, 9.17) is 4.74 Å². The Kier molecular flexibility index (Phi) is 7.99. The number of hydroxylamine groups is 1. The Labute approximate surface area is 237 Å². The standard InChI is InChI=1S/C26H19F6N7O4/c27-25(28,29)14-38-22-19(13-34-38)20(15-7-10-42-11-8-15)36-21(37-22)16-3-5-18(6-4-16)39(43-23(40)26(30,31)32)24(41)35-17-2-1-9-33-12-17/h1-7,9,12-13H,8,10-11,14H2,(H,35,41). The van der Waals surface area contributed by atoms with Crippen molar-refractivity contribution in [1.82, 2.24) is 24.7 Å². The number of urea groups is 1. The number of carbonyl (C=O) groups excluding carboxylic acids is 2. The summed E-state index contributed by atoms with van der Waals surface area (Å²) in [5.74, 6) is -2.68. The lowest BCUT2D eigenvalue weighted by atomic mass is 10.0. The van der Waals surface area contributed by atoms with Crippen molar-refractivity contribution in [3.63, 3.8) is 0 Å². The van der Waals surface area contributed by atoms with Gasteiger partial charge in [-0.05, 0) is 48.4 Å². The van der Waals surface area contributed by atoms with Crippen LogP contribution in [-0.4, -0.2) is 62.3 Å². The first kappa shape index (κ1) is 29.4. The summed E-state index contributed by atoms with van der Waals surface area (Å²) in [5, 5.41) is 6.51. The number of benzene rings is 1. The molecule has 1 aliphatic rings. The molecule has 2 amide bonds. The Morgan fingerprint density at radius 1 is 1.05 bits per heavy atom. The van der Waals surface area contributed by atoms with Crippen LogP contribution in [0, 0.1) is 0 Å². The molecule has 0 aliphatic carbocycles. The zero-order valence-electron chi connectivity index (χ0n) is 21.7. The molecule has 224 valence electrons. The van der Waals surface area contributed by atoms with Crippen LogP contribution in [0.3, 0.4) is 0 Å². The van der Waals surface area contributed by atoms with Gasteiger partial charge in [0.15, 0.2) is 11.5 Å². The van der Waals surface area contributed by atoms with Gasteiger partial charge in [0, 0.05) is 11.8 Å². The van der Waals surface area contributed by atoms with E-state index in [2.05, 4.69) is 30.2 Å². The van der Waals surface area contributed by atoms with E-state index in [0.29, 0.717) is 29.0 Å². The molecule has 4 aromatic rings. The van der Waals surface area contributed by atoms with E-state index in [1.54, 1.807) is 6.08 Å². The number of rotatable bonds is 5. The number of pyridine rings is 1. The highest BCUT2D eigenvalue weighted by atomic mass is 19.4. The number of nitrogens with one attached hydrogen (secondary N) is 1. The quantitative estimate of drug-likeness (QED) is 0.239. The normalized spacial score (nSPS) is 13.9. The van der Waals surface area contributed by atoms with Gasteiger partial charge in [0.05, 0.1) is 48.1 Å². The molecule has 1 N–H and O–H groups in total. The number of anilines is 2. The van der Waals surface area contributed by atoms with Crippen LogP contribution < -0.4 is 10.4 Å². The highest BCUT2D eigenvalue weighted by molar-refractivity contribution is 6.01. The van der Waals surface area contributed by atoms with Crippen LogP contribution in [0.15, 0.2) is 61.1 Å². The largest absolute Gasteiger partial charge is 0.493 e. The second-order valence-electron chi connectivity index (χ2n) is 8.99. The molecule has 0 saturated heterocycles. The molecule has 0 fully saturated rings. The molecular weight excluding hydrogens is 588 g/mol. The van der Waals surface area contributed by atoms with Crippen molar-refractivity contribution < 1.29 is 45.5 Å². The number of ether oxygens (including phenoxy) is 1. The lowest BCUT2D eigenvalue weighted by Crippen LogP contribution is -2.41. The second kappa shape index (κ2) is 11.7. The molecule has 4 heterocycles. The van der Waals surface area contributed by atoms with Crippen molar-refractivity contribution in [2.24, 2.45) is 0 Å². The monoisotopic (exact) mass is 607 g/mol. The summed E-state index contributed by atoms with van der Waals surface area (Å²) in [7, 11) is 0. The SMILES string of the molecule is O=C(Nc1cccnc1)N(OC(=O)C(F)(F)F)c1ccc(-c2nc(C3=CCOCC3)c3cnn(CC(F)(F)F)c3n2)cc1. The first-order valence-electron chi connectivity index (χ1n) is 12.4. The molecule has 5 rings (SSSR count). The van der Waals surface area contributed by atoms with Gasteiger partial charge in [0.25, 0.3) is 0 Å². The molecule has 0 radical (unpaired) electrons. The summed E-state index contributed by atoms with van der Waals surface area (Å²) >= 11 is 0. The Hall–Kier alpha value is -5.06. The Morgan fingerprint density at radius 2 is 1.81 bits per heavy atom. The molecule has 0 spiro atoms. The minimum atomic E-state index is -5.41. The fraction of sp³-hybridized carbons (Fsp3) is 0.231. The minimum Gasteiger partial charge on any atom is -0.377 e. The summed E-state index contributed by atoms with van der Waals surface area (Å²) in [5.41, 5.74) is 1.000. The smallest absolute Gasteiger partial charge is 0.377 e. The van der Waals surface area contributed by atoms with Crippen molar-refractivity contribution >= 4 is 40.0 Å². The molecule has 1 aliphatic heterocycles. The van der Waals surface area contributed by atoms with Crippen LogP contribution in [0.1, 0.15) is 12.1 Å². The summed E-state index contributed by atoms with van der Waals surface area (Å²) < 4.78 is 84.7. The number of alkyl halides is 6. The average Bonchev–Trinajstić information content (AvgIpc) is 3.37. The Morgan fingerprint density at radius 3 is 2.44 bits per heavy atom. The van der Waals surface area contributed by atoms with Crippen molar-refractivity contribution in [3.8, 4) is 11.4 Å². The number of hydrogen-bond donors (Lipinski definition) is 1. The van der Waals surface area contributed by atoms with Crippen molar-refractivity contribution in [2.45, 2.75) is 25.3 Å². The third-order valence-electron chi connectivity index (χ3n) is 5.96. The van der Waals surface area contributed by atoms with Crippen LogP contribution >= 0.6 is 0 Å². The summed E-state index contributed by atoms with van der Waals surface area (Å²) in [4.78, 5) is 41.4. The zero-order valence-corrected chi connectivity index (χ0v) is 21.7. The van der Waals surface area contributed by atoms with Crippen LogP contribution in [0.5, 0.6) is 0 Å². The highest BCUT2D eigenvalue weighted by Crippen LogP contribution is 2.31. The minimum absolute atomic E-state index is 0.0241. The number of fused-ring (bicyclic) bond motifs is 1. The van der Waals surface area contributed by atoms with Gasteiger partial charge in [0.2, 0.25) is 0 Å². The van der Waals surface area contributed by atoms with Gasteiger partial charge in [-0.3, -0.25) is 4.98 Å². The van der Waals surface area contributed by atoms with Gasteiger partial charge in [-0.25, -0.2) is 24.2 Å². The molecule has 0 unspecified atom stereocenters. The van der Waals surface area contributed by atoms with Gasteiger partial charge >= 0.3 is 24.4 Å². The molecule has 1 aromatic carbocycles. The molecule has 11 nitrogen and oxygen atoms in total. The molecule has 0 atom stereocenters. The maximum Gasteiger partial charge on any atom is 0.493 e. The molecule has 0 saturated carbocycles. The molecular formula is C26H19F6N7O4. The van der Waals surface area contributed by atoms with Crippen molar-refractivity contribution in [3.05, 3.63) is 66.8 Å². The van der Waals surface area contributed by atoms with Crippen molar-refractivity contribution in [2.75, 3.05) is 23.6 Å². The Bertz CT molecular complexity index is 1670. The van der Waals surface area contributed by atoms with Gasteiger partial charge in [-0.2, -0.15) is 31.4 Å². The van der Waals surface area contributed by atoms with Crippen LogP contribution in [0.2, 0.25) is 0 Å². The van der Waals surface area contributed by atoms with E-state index in [1.165, 1.54) is 42.9 Å². The Balaban J connectivity index is 1.53. The van der Waals surface area contributed by atoms with E-state index >= 15 is 0 Å². The maximum absolute atomic E-state index is 13.2. The first-order valence-corrected chi connectivity index (χ1v) is 12.4. The van der Waals surface area contributed by atoms with E-state index in [1.807, 2.05) is 0 Å². The molecule has 43 heavy (non-hydrogen) atoms. The first-order chi connectivity index (χ1) is 20.4. The number of nitrogens with zero attached hydrogens (tertiary/aromatic N) is 6. The average molecular weight is 607 g/mol. The molecule has 0 bridgehead atoms. The lowest BCUT2D eigenvalue weighted by Gasteiger charge is -2.22. The van der Waals surface area contributed by atoms with Gasteiger partial charge < -0.3 is 14.9 Å².